The van der Waals surface area contributed by atoms with Crippen LogP contribution in [0.2, 0.25) is 0 Å². The van der Waals surface area contributed by atoms with Crippen molar-refractivity contribution in [1.29, 1.82) is 0 Å². The highest BCUT2D eigenvalue weighted by Crippen LogP contribution is 2.38. The molecule has 1 aliphatic heterocycles. The van der Waals surface area contributed by atoms with Crippen LogP contribution < -0.4 is 5.56 Å². The first-order valence-corrected chi connectivity index (χ1v) is 11.8. The minimum absolute atomic E-state index is 0.0758. The maximum absolute atomic E-state index is 12.9. The van der Waals surface area contributed by atoms with Crippen LogP contribution in [-0.4, -0.2) is 32.8 Å². The minimum Gasteiger partial charge on any atom is -0.381 e. The molecule has 1 saturated heterocycles. The van der Waals surface area contributed by atoms with Crippen LogP contribution in [0.15, 0.2) is 41.3 Å². The molecule has 2 aliphatic rings. The number of aromatic nitrogens is 4. The fraction of sp³-hybridized carbons (Fsp3) is 0.560. The number of imidazole rings is 1. The van der Waals surface area contributed by atoms with Crippen molar-refractivity contribution in [3.05, 3.63) is 64.1 Å². The Bertz CT molecular complexity index is 1070. The number of rotatable bonds is 4. The summed E-state index contributed by atoms with van der Waals surface area (Å²) in [5, 5.41) is 4.95. The molecule has 3 aromatic rings. The molecule has 5 rings (SSSR count). The van der Waals surface area contributed by atoms with Gasteiger partial charge in [0, 0.05) is 25.0 Å². The second-order valence-corrected chi connectivity index (χ2v) is 9.45. The van der Waals surface area contributed by atoms with Crippen molar-refractivity contribution >= 4 is 5.52 Å². The highest BCUT2D eigenvalue weighted by atomic mass is 16.5. The van der Waals surface area contributed by atoms with E-state index in [2.05, 4.69) is 47.2 Å². The van der Waals surface area contributed by atoms with Crippen molar-refractivity contribution in [3.8, 4) is 0 Å². The number of hydrogen-bond acceptors (Lipinski definition) is 4. The number of benzene rings is 1. The second kappa shape index (κ2) is 8.95. The van der Waals surface area contributed by atoms with Crippen LogP contribution in [0.4, 0.5) is 0 Å². The molecule has 1 N–H and O–H groups in total. The van der Waals surface area contributed by atoms with Crippen LogP contribution in [0.25, 0.3) is 5.52 Å². The number of ether oxygens (including phenoxy) is 1. The summed E-state index contributed by atoms with van der Waals surface area (Å²) >= 11 is 0. The van der Waals surface area contributed by atoms with E-state index in [4.69, 9.17) is 9.84 Å². The molecule has 1 aliphatic carbocycles. The van der Waals surface area contributed by atoms with E-state index in [1.165, 1.54) is 18.4 Å². The Morgan fingerprint density at radius 2 is 1.94 bits per heavy atom. The molecule has 0 bridgehead atoms. The van der Waals surface area contributed by atoms with Crippen molar-refractivity contribution in [2.45, 2.75) is 63.7 Å². The first kappa shape index (κ1) is 20.4. The Labute approximate surface area is 183 Å². The van der Waals surface area contributed by atoms with Gasteiger partial charge in [-0.15, -0.1) is 0 Å². The number of aromatic amines is 1. The van der Waals surface area contributed by atoms with Crippen molar-refractivity contribution in [1.82, 2.24) is 19.6 Å². The highest BCUT2D eigenvalue weighted by Gasteiger charge is 2.30. The molecule has 3 atom stereocenters. The van der Waals surface area contributed by atoms with Crippen LogP contribution in [0.3, 0.4) is 0 Å². The van der Waals surface area contributed by atoms with Gasteiger partial charge in [-0.05, 0) is 49.5 Å². The Hall–Kier alpha value is -2.47. The molecule has 164 valence electrons. The van der Waals surface area contributed by atoms with Crippen molar-refractivity contribution in [2.75, 3.05) is 13.2 Å². The van der Waals surface area contributed by atoms with E-state index in [1.54, 1.807) is 6.20 Å². The van der Waals surface area contributed by atoms with Gasteiger partial charge in [0.2, 0.25) is 0 Å². The summed E-state index contributed by atoms with van der Waals surface area (Å²) in [6.07, 6.45) is 9.32. The van der Waals surface area contributed by atoms with Crippen LogP contribution in [-0.2, 0) is 11.2 Å². The lowest BCUT2D eigenvalue weighted by atomic mass is 9.84. The maximum Gasteiger partial charge on any atom is 0.276 e. The third-order valence-corrected chi connectivity index (χ3v) is 7.27. The Kier molecular flexibility index (Phi) is 5.90. The first-order chi connectivity index (χ1) is 15.2. The average Bonchev–Trinajstić information content (AvgIpc) is 3.13. The zero-order valence-electron chi connectivity index (χ0n) is 18.3. The van der Waals surface area contributed by atoms with Gasteiger partial charge in [0.05, 0.1) is 6.20 Å². The maximum atomic E-state index is 12.9. The molecular formula is C25H32N4O2. The largest absolute Gasteiger partial charge is 0.381 e. The van der Waals surface area contributed by atoms with Gasteiger partial charge in [-0.2, -0.15) is 5.10 Å². The van der Waals surface area contributed by atoms with E-state index in [0.717, 1.165) is 57.0 Å². The zero-order valence-corrected chi connectivity index (χ0v) is 18.3. The molecule has 3 heterocycles. The van der Waals surface area contributed by atoms with E-state index in [0.29, 0.717) is 23.3 Å². The monoisotopic (exact) mass is 420 g/mol. The number of H-pyrrole nitrogens is 1. The van der Waals surface area contributed by atoms with E-state index in [1.807, 2.05) is 4.52 Å². The van der Waals surface area contributed by atoms with Gasteiger partial charge >= 0.3 is 0 Å². The molecule has 2 unspecified atom stereocenters. The summed E-state index contributed by atoms with van der Waals surface area (Å²) in [6, 6.07) is 10.8. The predicted molar refractivity (Wildman–Crippen MR) is 120 cm³/mol. The summed E-state index contributed by atoms with van der Waals surface area (Å²) in [4.78, 5) is 20.5. The van der Waals surface area contributed by atoms with Gasteiger partial charge in [-0.25, -0.2) is 9.50 Å². The standard InChI is InChI=1S/C25H32N4O2/c1-17-14-19(15-18-6-3-2-4-7-18)8-5-9-21(17)23-27-25(30)22-16-26-24(29(22)28-23)20-10-12-31-13-11-20/h2-4,6-7,16-17,19-21H,5,8-15H2,1H3,(H,27,28,30)/t17-,19?,21?/m0/s1. The molecular weight excluding hydrogens is 388 g/mol. The van der Waals surface area contributed by atoms with Gasteiger partial charge in [0.1, 0.15) is 11.6 Å². The number of nitrogens with one attached hydrogen (secondary N) is 1. The smallest absolute Gasteiger partial charge is 0.276 e. The molecule has 0 radical (unpaired) electrons. The molecule has 2 aromatic heterocycles. The van der Waals surface area contributed by atoms with Crippen molar-refractivity contribution in [2.24, 2.45) is 11.8 Å². The summed E-state index contributed by atoms with van der Waals surface area (Å²) < 4.78 is 7.33. The highest BCUT2D eigenvalue weighted by molar-refractivity contribution is 5.42. The second-order valence-electron chi connectivity index (χ2n) is 9.45. The fourth-order valence-electron chi connectivity index (χ4n) is 5.59. The van der Waals surface area contributed by atoms with Gasteiger partial charge in [-0.1, -0.05) is 50.1 Å². The van der Waals surface area contributed by atoms with Crippen LogP contribution in [0, 0.1) is 11.8 Å². The van der Waals surface area contributed by atoms with Gasteiger partial charge in [-0.3, -0.25) is 4.79 Å². The predicted octanol–water partition coefficient (Wildman–Crippen LogP) is 4.46. The average molecular weight is 421 g/mol. The topological polar surface area (TPSA) is 72.3 Å². The molecule has 1 aromatic carbocycles. The third-order valence-electron chi connectivity index (χ3n) is 7.27. The van der Waals surface area contributed by atoms with Gasteiger partial charge < -0.3 is 9.72 Å². The Morgan fingerprint density at radius 3 is 2.74 bits per heavy atom. The molecule has 0 amide bonds. The van der Waals surface area contributed by atoms with Crippen LogP contribution in [0.1, 0.15) is 74.5 Å². The lowest BCUT2D eigenvalue weighted by Crippen LogP contribution is -2.23. The Balaban J connectivity index is 1.40. The van der Waals surface area contributed by atoms with Crippen LogP contribution in [0.5, 0.6) is 0 Å². The lowest BCUT2D eigenvalue weighted by Gasteiger charge is -2.23. The number of nitrogens with zero attached hydrogens (tertiary/aromatic N) is 3. The molecule has 2 fully saturated rings. The Morgan fingerprint density at radius 1 is 1.13 bits per heavy atom. The van der Waals surface area contributed by atoms with E-state index in [-0.39, 0.29) is 11.5 Å². The molecule has 6 nitrogen and oxygen atoms in total. The lowest BCUT2D eigenvalue weighted by molar-refractivity contribution is 0.0832. The molecule has 6 heteroatoms. The summed E-state index contributed by atoms with van der Waals surface area (Å²) in [6.45, 7) is 3.82. The molecule has 31 heavy (non-hydrogen) atoms. The summed E-state index contributed by atoms with van der Waals surface area (Å²) in [5.41, 5.74) is 1.90. The fourth-order valence-corrected chi connectivity index (χ4v) is 5.59. The zero-order chi connectivity index (χ0) is 21.2. The van der Waals surface area contributed by atoms with E-state index >= 15 is 0 Å². The van der Waals surface area contributed by atoms with E-state index < -0.39 is 0 Å². The molecule has 0 spiro atoms. The van der Waals surface area contributed by atoms with Gasteiger partial charge in [0.15, 0.2) is 5.52 Å². The molecule has 1 saturated carbocycles. The van der Waals surface area contributed by atoms with Crippen LogP contribution >= 0.6 is 0 Å². The normalized spacial score (nSPS) is 25.5. The third kappa shape index (κ3) is 4.31. The summed E-state index contributed by atoms with van der Waals surface area (Å²) in [5.74, 6) is 3.49. The van der Waals surface area contributed by atoms with E-state index in [9.17, 15) is 4.79 Å². The number of fused-ring (bicyclic) bond motifs is 1. The van der Waals surface area contributed by atoms with Crippen molar-refractivity contribution in [3.63, 3.8) is 0 Å². The minimum atomic E-state index is -0.0758. The number of hydrogen-bond donors (Lipinski definition) is 1. The summed E-state index contributed by atoms with van der Waals surface area (Å²) in [7, 11) is 0. The van der Waals surface area contributed by atoms with Crippen molar-refractivity contribution < 1.29 is 4.74 Å². The quantitative estimate of drug-likeness (QED) is 0.633. The SMILES string of the molecule is C[C@H]1CC(Cc2ccccc2)CCCC1c1nn2c(C3CCOCC3)ncc2c(=O)[nH]1. The van der Waals surface area contributed by atoms with Gasteiger partial charge in [0.25, 0.3) is 5.56 Å². The first-order valence-electron chi connectivity index (χ1n) is 11.8.